The number of nitrogens with one attached hydrogen (secondary N) is 2. The van der Waals surface area contributed by atoms with Crippen molar-refractivity contribution < 1.29 is 36.9 Å². The number of nitrogens with zero attached hydrogens (tertiary/aromatic N) is 2. The van der Waals surface area contributed by atoms with Gasteiger partial charge in [0.25, 0.3) is 5.88 Å². The van der Waals surface area contributed by atoms with E-state index in [1.165, 1.54) is 12.1 Å². The van der Waals surface area contributed by atoms with Gasteiger partial charge in [-0.15, -0.1) is 0 Å². The van der Waals surface area contributed by atoms with Crippen molar-refractivity contribution in [3.8, 4) is 34.3 Å². The SMILES string of the molecule is CCOc1cc(-c2ccc(NC(=O)Nc3ccc(OC(C)C)c(C(F)(F)F)c3)nc2C)cnc1OCc1ccc(OC)cc1. The molecule has 0 aliphatic carbocycles. The largest absolute Gasteiger partial charge is 0.497 e. The lowest BCUT2D eigenvalue weighted by molar-refractivity contribution is -0.139. The molecule has 2 aromatic heterocycles. The van der Waals surface area contributed by atoms with Gasteiger partial charge in [-0.05, 0) is 81.8 Å². The van der Waals surface area contributed by atoms with Crippen molar-refractivity contribution in [1.82, 2.24) is 9.97 Å². The van der Waals surface area contributed by atoms with E-state index in [1.807, 2.05) is 31.2 Å². The van der Waals surface area contributed by atoms with Crippen LogP contribution in [0.1, 0.15) is 37.6 Å². The fourth-order valence-corrected chi connectivity index (χ4v) is 4.22. The van der Waals surface area contributed by atoms with Gasteiger partial charge in [0.15, 0.2) is 5.75 Å². The Morgan fingerprint density at radius 1 is 0.955 bits per heavy atom. The van der Waals surface area contributed by atoms with E-state index in [-0.39, 0.29) is 23.9 Å². The van der Waals surface area contributed by atoms with E-state index in [2.05, 4.69) is 20.6 Å². The van der Waals surface area contributed by atoms with Crippen LogP contribution in [-0.4, -0.2) is 35.8 Å². The molecule has 0 aliphatic rings. The molecule has 0 spiro atoms. The van der Waals surface area contributed by atoms with Gasteiger partial charge < -0.3 is 24.3 Å². The predicted octanol–water partition coefficient (Wildman–Crippen LogP) is 7.89. The van der Waals surface area contributed by atoms with Gasteiger partial charge in [-0.25, -0.2) is 14.8 Å². The third-order valence-electron chi connectivity index (χ3n) is 6.20. The summed E-state index contributed by atoms with van der Waals surface area (Å²) in [6.45, 7) is 7.56. The summed E-state index contributed by atoms with van der Waals surface area (Å²) in [7, 11) is 1.60. The van der Waals surface area contributed by atoms with Gasteiger partial charge in [-0.1, -0.05) is 12.1 Å². The quantitative estimate of drug-likeness (QED) is 0.178. The van der Waals surface area contributed by atoms with E-state index < -0.39 is 23.9 Å². The highest BCUT2D eigenvalue weighted by Crippen LogP contribution is 2.38. The summed E-state index contributed by atoms with van der Waals surface area (Å²) in [5, 5.41) is 4.97. The zero-order valence-corrected chi connectivity index (χ0v) is 24.9. The zero-order chi connectivity index (χ0) is 31.9. The van der Waals surface area contributed by atoms with Crippen LogP contribution in [0.4, 0.5) is 29.5 Å². The van der Waals surface area contributed by atoms with E-state index in [4.69, 9.17) is 18.9 Å². The molecule has 0 bridgehead atoms. The number of carbonyl (C=O) groups excluding carboxylic acids is 1. The lowest BCUT2D eigenvalue weighted by Gasteiger charge is -2.17. The lowest BCUT2D eigenvalue weighted by atomic mass is 10.1. The molecule has 44 heavy (non-hydrogen) atoms. The fourth-order valence-electron chi connectivity index (χ4n) is 4.22. The van der Waals surface area contributed by atoms with Gasteiger partial charge in [0.2, 0.25) is 0 Å². The van der Waals surface area contributed by atoms with Crippen molar-refractivity contribution >= 4 is 17.5 Å². The Bertz CT molecular complexity index is 1590. The number of urea groups is 1. The summed E-state index contributed by atoms with van der Waals surface area (Å²) in [5.74, 6) is 1.44. The number of hydrogen-bond acceptors (Lipinski definition) is 7. The number of amides is 2. The molecule has 4 aromatic rings. The molecular weight excluding hydrogens is 577 g/mol. The Kier molecular flexibility index (Phi) is 10.1. The van der Waals surface area contributed by atoms with Crippen LogP contribution in [0.3, 0.4) is 0 Å². The molecule has 12 heteroatoms. The number of benzene rings is 2. The Balaban J connectivity index is 1.45. The predicted molar refractivity (Wildman–Crippen MR) is 161 cm³/mol. The molecule has 2 N–H and O–H groups in total. The number of pyridine rings is 2. The van der Waals surface area contributed by atoms with Crippen LogP contribution in [0.2, 0.25) is 0 Å². The standard InChI is InChI=1S/C32H33F3N4O5/c1-6-42-28-15-22(17-36-30(28)43-18-21-7-10-24(41-5)11-8-21)25-12-14-29(37-20(25)4)39-31(40)38-23-9-13-27(44-19(2)3)26(16-23)32(33,34)35/h7-17,19H,6,18H2,1-5H3,(H2,37,38,39,40). The van der Waals surface area contributed by atoms with Crippen molar-refractivity contribution in [2.45, 2.75) is 46.6 Å². The van der Waals surface area contributed by atoms with Crippen LogP contribution < -0.4 is 29.6 Å². The molecule has 0 saturated carbocycles. The minimum atomic E-state index is -4.66. The summed E-state index contributed by atoms with van der Waals surface area (Å²) >= 11 is 0. The average Bonchev–Trinajstić information content (AvgIpc) is 2.97. The number of alkyl halides is 3. The second-order valence-corrected chi connectivity index (χ2v) is 9.88. The Labute approximate surface area is 253 Å². The van der Waals surface area contributed by atoms with Gasteiger partial charge in [0.05, 0.1) is 25.4 Å². The summed E-state index contributed by atoms with van der Waals surface area (Å²) in [4.78, 5) is 21.5. The van der Waals surface area contributed by atoms with Crippen LogP contribution in [0.15, 0.2) is 66.9 Å². The highest BCUT2D eigenvalue weighted by molar-refractivity contribution is 5.99. The molecular formula is C32H33F3N4O5. The van der Waals surface area contributed by atoms with Crippen molar-refractivity contribution in [2.24, 2.45) is 0 Å². The molecule has 232 valence electrons. The molecule has 4 rings (SSSR count). The minimum Gasteiger partial charge on any atom is -0.497 e. The number of methoxy groups -OCH3 is 1. The topological polar surface area (TPSA) is 104 Å². The molecule has 9 nitrogen and oxygen atoms in total. The molecule has 2 aromatic carbocycles. The molecule has 0 radical (unpaired) electrons. The number of rotatable bonds is 11. The number of halogens is 3. The monoisotopic (exact) mass is 610 g/mol. The van der Waals surface area contributed by atoms with Crippen molar-refractivity contribution in [1.29, 1.82) is 0 Å². The molecule has 0 saturated heterocycles. The molecule has 0 fully saturated rings. The molecule has 2 amide bonds. The first-order valence-corrected chi connectivity index (χ1v) is 13.8. The smallest absolute Gasteiger partial charge is 0.420 e. The van der Waals surface area contributed by atoms with Crippen LogP contribution in [0.25, 0.3) is 11.1 Å². The van der Waals surface area contributed by atoms with Gasteiger partial charge in [-0.2, -0.15) is 13.2 Å². The molecule has 2 heterocycles. The van der Waals surface area contributed by atoms with Crippen LogP contribution in [0.5, 0.6) is 23.1 Å². The zero-order valence-electron chi connectivity index (χ0n) is 24.9. The first-order valence-electron chi connectivity index (χ1n) is 13.8. The van der Waals surface area contributed by atoms with Crippen molar-refractivity contribution in [3.63, 3.8) is 0 Å². The van der Waals surface area contributed by atoms with E-state index in [0.29, 0.717) is 23.9 Å². The summed E-state index contributed by atoms with van der Waals surface area (Å²) in [6, 6.07) is 15.2. The average molecular weight is 611 g/mol. The van der Waals surface area contributed by atoms with E-state index in [1.54, 1.807) is 52.3 Å². The lowest BCUT2D eigenvalue weighted by Crippen LogP contribution is -2.21. The highest BCUT2D eigenvalue weighted by atomic mass is 19.4. The second kappa shape index (κ2) is 14.0. The van der Waals surface area contributed by atoms with Gasteiger partial charge in [0, 0.05) is 28.7 Å². The maximum absolute atomic E-state index is 13.6. The number of ether oxygens (including phenoxy) is 4. The summed E-state index contributed by atoms with van der Waals surface area (Å²) in [6.07, 6.45) is -3.47. The van der Waals surface area contributed by atoms with Crippen LogP contribution >= 0.6 is 0 Å². The second-order valence-electron chi connectivity index (χ2n) is 9.88. The Morgan fingerprint density at radius 2 is 1.70 bits per heavy atom. The van der Waals surface area contributed by atoms with Crippen molar-refractivity contribution in [3.05, 3.63) is 83.7 Å². The van der Waals surface area contributed by atoms with Gasteiger partial charge in [-0.3, -0.25) is 5.32 Å². The maximum Gasteiger partial charge on any atom is 0.420 e. The summed E-state index contributed by atoms with van der Waals surface area (Å²) in [5.41, 5.74) is 1.93. The van der Waals surface area contributed by atoms with Crippen LogP contribution in [-0.2, 0) is 12.8 Å². The van der Waals surface area contributed by atoms with E-state index in [0.717, 1.165) is 28.5 Å². The first kappa shape index (κ1) is 31.9. The molecule has 0 atom stereocenters. The Hall–Kier alpha value is -5.00. The molecule has 0 aliphatic heterocycles. The number of aromatic nitrogens is 2. The number of anilines is 2. The van der Waals surface area contributed by atoms with E-state index >= 15 is 0 Å². The van der Waals surface area contributed by atoms with Gasteiger partial charge >= 0.3 is 12.2 Å². The minimum absolute atomic E-state index is 0.0527. The number of aryl methyl sites for hydroxylation is 1. The summed E-state index contributed by atoms with van der Waals surface area (Å²) < 4.78 is 62.9. The first-order chi connectivity index (χ1) is 21.0. The van der Waals surface area contributed by atoms with Crippen LogP contribution in [0, 0.1) is 6.92 Å². The maximum atomic E-state index is 13.6. The number of hydrogen-bond donors (Lipinski definition) is 2. The van der Waals surface area contributed by atoms with E-state index in [9.17, 15) is 18.0 Å². The Morgan fingerprint density at radius 3 is 2.34 bits per heavy atom. The third kappa shape index (κ3) is 8.30. The molecule has 0 unspecified atom stereocenters. The fraction of sp³-hybridized carbons (Fsp3) is 0.281. The van der Waals surface area contributed by atoms with Gasteiger partial charge in [0.1, 0.15) is 23.9 Å². The van der Waals surface area contributed by atoms with Crippen molar-refractivity contribution in [2.75, 3.05) is 24.4 Å². The third-order valence-corrected chi connectivity index (χ3v) is 6.20. The normalized spacial score (nSPS) is 11.2. The highest BCUT2D eigenvalue weighted by Gasteiger charge is 2.35. The number of carbonyl (C=O) groups is 1.